The normalized spacial score (nSPS) is 30.8. The van der Waals surface area contributed by atoms with E-state index in [0.717, 1.165) is 0 Å². The lowest BCUT2D eigenvalue weighted by atomic mass is 9.96. The zero-order valence-electron chi connectivity index (χ0n) is 15.0. The van der Waals surface area contributed by atoms with Gasteiger partial charge in [0.25, 0.3) is 0 Å². The molecule has 3 rings (SSSR count). The number of aryl methyl sites for hydroxylation is 1. The Labute approximate surface area is 147 Å². The molecule has 25 heavy (non-hydrogen) atoms. The van der Waals surface area contributed by atoms with Crippen LogP contribution in [-0.2, 0) is 37.4 Å². The van der Waals surface area contributed by atoms with Gasteiger partial charge in [-0.1, -0.05) is 0 Å². The first kappa shape index (κ1) is 18.1. The number of amides is 1. The van der Waals surface area contributed by atoms with Crippen LogP contribution in [0.4, 0.5) is 0 Å². The van der Waals surface area contributed by atoms with Crippen LogP contribution in [0.3, 0.4) is 0 Å². The number of carbonyl (C=O) groups is 2. The van der Waals surface area contributed by atoms with Crippen molar-refractivity contribution in [3.8, 4) is 0 Å². The molecule has 0 spiro atoms. The minimum absolute atomic E-state index is 0.0259. The Hall–Kier alpha value is -1.75. The number of nitrogens with zero attached hydrogens (tertiary/aromatic N) is 4. The van der Waals surface area contributed by atoms with E-state index in [-0.39, 0.29) is 18.9 Å². The summed E-state index contributed by atoms with van der Waals surface area (Å²) >= 11 is 0. The summed E-state index contributed by atoms with van der Waals surface area (Å²) in [6, 6.07) is -1.15. The van der Waals surface area contributed by atoms with Crippen molar-refractivity contribution in [1.82, 2.24) is 14.8 Å². The number of hydrogen-bond acceptors (Lipinski definition) is 6. The number of carbonyl (C=O) groups excluding carboxylic acids is 2. The van der Waals surface area contributed by atoms with Crippen molar-refractivity contribution in [3.63, 3.8) is 0 Å². The van der Waals surface area contributed by atoms with Crippen LogP contribution in [0, 0.1) is 0 Å². The molecule has 0 aliphatic carbocycles. The molecular formula is C14H23N4O5SSi+. The fraction of sp³-hybridized carbons (Fsp3) is 0.714. The molecule has 9 nitrogen and oxygen atoms in total. The van der Waals surface area contributed by atoms with Crippen molar-refractivity contribution in [1.29, 1.82) is 0 Å². The van der Waals surface area contributed by atoms with Gasteiger partial charge in [-0.3, -0.25) is 9.59 Å². The summed E-state index contributed by atoms with van der Waals surface area (Å²) in [7, 11) is -4.27. The third-order valence-electron chi connectivity index (χ3n) is 4.63. The average molecular weight is 388 g/mol. The molecule has 0 saturated carbocycles. The first-order chi connectivity index (χ1) is 11.4. The largest absolute Gasteiger partial charge is 0.518 e. The standard InChI is InChI=1S/C14H23N4O5SSi/c1-14(9-17-7-6-16(2)15-17)12(13(20)23-25(3,4)5)18-10(19)8-11(18)24(14,21)22/h6-7,11-12H,8-9H2,1-5H3/q+1/t11-,12+,14+/m1/s1. The van der Waals surface area contributed by atoms with E-state index < -0.39 is 40.3 Å². The van der Waals surface area contributed by atoms with Crippen LogP contribution >= 0.6 is 0 Å². The van der Waals surface area contributed by atoms with Crippen LogP contribution < -0.4 is 4.68 Å². The van der Waals surface area contributed by atoms with Crippen LogP contribution in [0.2, 0.25) is 19.6 Å². The van der Waals surface area contributed by atoms with E-state index in [1.807, 2.05) is 19.6 Å². The van der Waals surface area contributed by atoms with E-state index in [9.17, 15) is 18.0 Å². The molecule has 0 radical (unpaired) electrons. The Morgan fingerprint density at radius 1 is 1.48 bits per heavy atom. The van der Waals surface area contributed by atoms with Crippen molar-refractivity contribution in [2.45, 2.75) is 55.7 Å². The van der Waals surface area contributed by atoms with E-state index in [2.05, 4.69) is 5.21 Å². The number of rotatable bonds is 4. The van der Waals surface area contributed by atoms with Gasteiger partial charge in [-0.15, -0.1) is 9.36 Å². The predicted molar refractivity (Wildman–Crippen MR) is 89.2 cm³/mol. The Morgan fingerprint density at radius 3 is 2.60 bits per heavy atom. The number of fused-ring (bicyclic) bond motifs is 1. The molecule has 1 aromatic rings. The number of aromatic nitrogens is 3. The highest BCUT2D eigenvalue weighted by Crippen LogP contribution is 2.47. The van der Waals surface area contributed by atoms with Gasteiger partial charge in [0.1, 0.15) is 23.7 Å². The molecule has 2 aliphatic rings. The summed E-state index contributed by atoms with van der Waals surface area (Å²) in [5.41, 5.74) is 0. The number of sulfone groups is 1. The minimum atomic E-state index is -3.75. The molecule has 11 heteroatoms. The van der Waals surface area contributed by atoms with Gasteiger partial charge in [0, 0.05) is 0 Å². The van der Waals surface area contributed by atoms with E-state index in [1.54, 1.807) is 24.1 Å². The predicted octanol–water partition coefficient (Wildman–Crippen LogP) is -0.800. The summed E-state index contributed by atoms with van der Waals surface area (Å²) in [6.45, 7) is 7.01. The molecule has 1 amide bonds. The summed E-state index contributed by atoms with van der Waals surface area (Å²) < 4.78 is 33.2. The first-order valence-corrected chi connectivity index (χ1v) is 13.0. The van der Waals surface area contributed by atoms with Crippen molar-refractivity contribution in [2.24, 2.45) is 7.05 Å². The SMILES string of the molecule is C[n+]1ccn(C[C@@]2(C)[C@H](C(=O)O[Si](C)(C)C)N3C(=O)C[C@H]3S2(=O)=O)n1. The fourth-order valence-corrected chi connectivity index (χ4v) is 6.52. The van der Waals surface area contributed by atoms with Crippen LogP contribution in [0.5, 0.6) is 0 Å². The second kappa shape index (κ2) is 5.37. The van der Waals surface area contributed by atoms with Crippen molar-refractivity contribution >= 4 is 30.0 Å². The van der Waals surface area contributed by atoms with Gasteiger partial charge in [-0.25, -0.2) is 8.42 Å². The van der Waals surface area contributed by atoms with Gasteiger partial charge in [-0.05, 0) is 26.6 Å². The van der Waals surface area contributed by atoms with E-state index in [4.69, 9.17) is 4.43 Å². The third-order valence-corrected chi connectivity index (χ3v) is 8.20. The first-order valence-electron chi connectivity index (χ1n) is 8.04. The Kier molecular flexibility index (Phi) is 3.88. The number of hydrogen-bond donors (Lipinski definition) is 0. The molecule has 2 fully saturated rings. The molecule has 2 aliphatic heterocycles. The molecule has 1 aromatic heterocycles. The molecule has 3 atom stereocenters. The number of β-lactam (4-membered cyclic amide) rings is 1. The molecule has 3 heterocycles. The monoisotopic (exact) mass is 387 g/mol. The van der Waals surface area contributed by atoms with Crippen LogP contribution in [0.1, 0.15) is 13.3 Å². The van der Waals surface area contributed by atoms with Crippen LogP contribution in [0.15, 0.2) is 12.4 Å². The molecule has 0 bridgehead atoms. The summed E-state index contributed by atoms with van der Waals surface area (Å²) in [5.74, 6) is -0.974. The molecule has 0 aromatic carbocycles. The highest BCUT2D eigenvalue weighted by Gasteiger charge is 2.71. The maximum atomic E-state index is 13.1. The second-order valence-electron chi connectivity index (χ2n) is 7.81. The highest BCUT2D eigenvalue weighted by molar-refractivity contribution is 7.93. The zero-order chi connectivity index (χ0) is 18.8. The molecular weight excluding hydrogens is 364 g/mol. The van der Waals surface area contributed by atoms with Crippen LogP contribution in [-0.4, -0.2) is 59.6 Å². The lowest BCUT2D eigenvalue weighted by Gasteiger charge is -2.37. The minimum Gasteiger partial charge on any atom is -0.518 e. The summed E-state index contributed by atoms with van der Waals surface area (Å²) in [5, 5.41) is 3.21. The topological polar surface area (TPSA) is 102 Å². The molecule has 138 valence electrons. The van der Waals surface area contributed by atoms with Crippen LogP contribution in [0.25, 0.3) is 0 Å². The van der Waals surface area contributed by atoms with Gasteiger partial charge >= 0.3 is 5.97 Å². The van der Waals surface area contributed by atoms with Gasteiger partial charge < -0.3 is 9.33 Å². The quantitative estimate of drug-likeness (QED) is 0.381. The summed E-state index contributed by atoms with van der Waals surface area (Å²) in [6.07, 6.45) is 3.24. The molecule has 0 N–H and O–H groups in total. The smallest absolute Gasteiger partial charge is 0.317 e. The Balaban J connectivity index is 2.04. The zero-order valence-corrected chi connectivity index (χ0v) is 16.8. The van der Waals surface area contributed by atoms with E-state index in [1.165, 1.54) is 16.5 Å². The maximum absolute atomic E-state index is 13.1. The maximum Gasteiger partial charge on any atom is 0.317 e. The lowest BCUT2D eigenvalue weighted by molar-refractivity contribution is -0.732. The van der Waals surface area contributed by atoms with E-state index >= 15 is 0 Å². The van der Waals surface area contributed by atoms with E-state index in [0.29, 0.717) is 0 Å². The Morgan fingerprint density at radius 2 is 2.12 bits per heavy atom. The Bertz CT molecular complexity index is 846. The highest BCUT2D eigenvalue weighted by atomic mass is 32.2. The van der Waals surface area contributed by atoms with Crippen molar-refractivity contribution in [3.05, 3.63) is 12.4 Å². The lowest BCUT2D eigenvalue weighted by Crippen LogP contribution is -2.59. The van der Waals surface area contributed by atoms with Gasteiger partial charge in [0.2, 0.25) is 14.2 Å². The third kappa shape index (κ3) is 2.69. The molecule has 2 saturated heterocycles. The van der Waals surface area contributed by atoms with Gasteiger partial charge in [0.05, 0.1) is 11.6 Å². The van der Waals surface area contributed by atoms with Crippen molar-refractivity contribution < 1.29 is 27.1 Å². The van der Waals surface area contributed by atoms with Gasteiger partial charge in [-0.2, -0.15) is 0 Å². The van der Waals surface area contributed by atoms with Crippen molar-refractivity contribution in [2.75, 3.05) is 0 Å². The second-order valence-corrected chi connectivity index (χ2v) is 14.8. The molecule has 0 unspecified atom stereocenters. The average Bonchev–Trinajstić information content (AvgIpc) is 2.88. The fourth-order valence-electron chi connectivity index (χ4n) is 3.45. The van der Waals surface area contributed by atoms with Gasteiger partial charge in [0.15, 0.2) is 28.3 Å². The summed E-state index contributed by atoms with van der Waals surface area (Å²) in [4.78, 5) is 26.1.